The van der Waals surface area contributed by atoms with Crippen LogP contribution in [0.1, 0.15) is 37.7 Å². The van der Waals surface area contributed by atoms with Crippen LogP contribution >= 0.6 is 0 Å². The fourth-order valence-electron chi connectivity index (χ4n) is 2.96. The molecule has 1 unspecified atom stereocenters. The highest BCUT2D eigenvalue weighted by molar-refractivity contribution is 6.04. The minimum Gasteiger partial charge on any atom is -0.497 e. The van der Waals surface area contributed by atoms with E-state index in [0.717, 1.165) is 43.0 Å². The van der Waals surface area contributed by atoms with Gasteiger partial charge in [-0.25, -0.2) is 0 Å². The van der Waals surface area contributed by atoms with Gasteiger partial charge in [0.05, 0.1) is 12.8 Å². The number of oxime groups is 1. The highest BCUT2D eigenvalue weighted by Crippen LogP contribution is 2.21. The molecule has 118 valence electrons. The molecular weight excluding hydrogens is 280 g/mol. The number of amides is 1. The largest absolute Gasteiger partial charge is 0.497 e. The first-order chi connectivity index (χ1) is 10.8. The Balaban J connectivity index is 1.61. The van der Waals surface area contributed by atoms with Gasteiger partial charge in [-0.15, -0.1) is 0 Å². The van der Waals surface area contributed by atoms with Gasteiger partial charge in [-0.2, -0.15) is 0 Å². The summed E-state index contributed by atoms with van der Waals surface area (Å²) in [5.74, 6) is 0.884. The summed E-state index contributed by atoms with van der Waals surface area (Å²) in [6.45, 7) is 1.69. The van der Waals surface area contributed by atoms with Crippen LogP contribution in [0.5, 0.6) is 5.75 Å². The minimum atomic E-state index is -0.463. The van der Waals surface area contributed by atoms with Gasteiger partial charge in [-0.3, -0.25) is 4.79 Å². The fourth-order valence-corrected chi connectivity index (χ4v) is 2.96. The van der Waals surface area contributed by atoms with Gasteiger partial charge in [0, 0.05) is 19.5 Å². The van der Waals surface area contributed by atoms with E-state index in [1.165, 1.54) is 12.8 Å². The Morgan fingerprint density at radius 3 is 2.50 bits per heavy atom. The maximum atomic E-state index is 12.5. The van der Waals surface area contributed by atoms with Gasteiger partial charge in [0.2, 0.25) is 6.10 Å². The lowest BCUT2D eigenvalue weighted by Crippen LogP contribution is -2.39. The molecule has 1 fully saturated rings. The smallest absolute Gasteiger partial charge is 0.266 e. The second-order valence-electron chi connectivity index (χ2n) is 5.80. The highest BCUT2D eigenvalue weighted by Gasteiger charge is 2.32. The second kappa shape index (κ2) is 6.81. The van der Waals surface area contributed by atoms with Crippen molar-refractivity contribution in [2.75, 3.05) is 20.2 Å². The Kier molecular flexibility index (Phi) is 4.61. The van der Waals surface area contributed by atoms with Crippen LogP contribution in [0.25, 0.3) is 0 Å². The van der Waals surface area contributed by atoms with Gasteiger partial charge in [-0.05, 0) is 42.7 Å². The van der Waals surface area contributed by atoms with Crippen LogP contribution in [-0.2, 0) is 9.63 Å². The first-order valence-electron chi connectivity index (χ1n) is 7.94. The SMILES string of the molecule is COc1ccc(C2=NOC(C(=O)N3CCCCCC3)C2)cc1. The van der Waals surface area contributed by atoms with Gasteiger partial charge in [0.1, 0.15) is 5.75 Å². The van der Waals surface area contributed by atoms with E-state index in [9.17, 15) is 4.79 Å². The van der Waals surface area contributed by atoms with Crippen LogP contribution in [0.4, 0.5) is 0 Å². The van der Waals surface area contributed by atoms with Gasteiger partial charge in [0.25, 0.3) is 5.91 Å². The van der Waals surface area contributed by atoms with Crippen LogP contribution < -0.4 is 4.74 Å². The first kappa shape index (κ1) is 14.9. The van der Waals surface area contributed by atoms with Crippen LogP contribution in [0.2, 0.25) is 0 Å². The summed E-state index contributed by atoms with van der Waals surface area (Å²) in [5, 5.41) is 4.11. The topological polar surface area (TPSA) is 51.1 Å². The van der Waals surface area contributed by atoms with Crippen molar-refractivity contribution < 1.29 is 14.4 Å². The van der Waals surface area contributed by atoms with Crippen molar-refractivity contribution in [3.05, 3.63) is 29.8 Å². The van der Waals surface area contributed by atoms with Crippen molar-refractivity contribution in [1.29, 1.82) is 0 Å². The predicted molar refractivity (Wildman–Crippen MR) is 84.1 cm³/mol. The van der Waals surface area contributed by atoms with Gasteiger partial charge < -0.3 is 14.5 Å². The van der Waals surface area contributed by atoms with Crippen molar-refractivity contribution in [2.45, 2.75) is 38.2 Å². The number of methoxy groups -OCH3 is 1. The molecule has 1 atom stereocenters. The molecule has 5 heteroatoms. The summed E-state index contributed by atoms with van der Waals surface area (Å²) >= 11 is 0. The lowest BCUT2D eigenvalue weighted by Gasteiger charge is -2.22. The minimum absolute atomic E-state index is 0.0779. The van der Waals surface area contributed by atoms with Crippen LogP contribution in [0.15, 0.2) is 29.4 Å². The molecule has 2 aliphatic rings. The Bertz CT molecular complexity index is 546. The maximum absolute atomic E-state index is 12.5. The molecule has 0 bridgehead atoms. The number of benzene rings is 1. The molecule has 0 radical (unpaired) electrons. The summed E-state index contributed by atoms with van der Waals surface area (Å²) in [5.41, 5.74) is 1.81. The summed E-state index contributed by atoms with van der Waals surface area (Å²) in [6.07, 6.45) is 4.68. The molecule has 0 N–H and O–H groups in total. The molecule has 1 amide bonds. The number of carbonyl (C=O) groups is 1. The molecule has 0 aromatic heterocycles. The van der Waals surface area contributed by atoms with E-state index < -0.39 is 6.10 Å². The third-order valence-electron chi connectivity index (χ3n) is 4.29. The molecule has 3 rings (SSSR count). The van der Waals surface area contributed by atoms with Crippen LogP contribution in [-0.4, -0.2) is 42.8 Å². The third kappa shape index (κ3) is 3.24. The Morgan fingerprint density at radius 2 is 1.86 bits per heavy atom. The Morgan fingerprint density at radius 1 is 1.18 bits per heavy atom. The molecular formula is C17H22N2O3. The number of carbonyl (C=O) groups excluding carboxylic acids is 1. The van der Waals surface area contributed by atoms with Crippen LogP contribution in [0, 0.1) is 0 Å². The van der Waals surface area contributed by atoms with Crippen molar-refractivity contribution >= 4 is 11.6 Å². The zero-order chi connectivity index (χ0) is 15.4. The standard InChI is InChI=1S/C17H22N2O3/c1-21-14-8-6-13(7-9-14)15-12-16(22-18-15)17(20)19-10-4-2-3-5-11-19/h6-9,16H,2-5,10-12H2,1H3. The molecule has 1 aromatic carbocycles. The Labute approximate surface area is 130 Å². The maximum Gasteiger partial charge on any atom is 0.266 e. The van der Waals surface area contributed by atoms with E-state index >= 15 is 0 Å². The quantitative estimate of drug-likeness (QED) is 0.862. The van der Waals surface area contributed by atoms with Crippen molar-refractivity contribution in [3.63, 3.8) is 0 Å². The van der Waals surface area contributed by atoms with Crippen LogP contribution in [0.3, 0.4) is 0 Å². The summed E-state index contributed by atoms with van der Waals surface area (Å²) in [7, 11) is 1.64. The van der Waals surface area contributed by atoms with E-state index in [-0.39, 0.29) is 5.91 Å². The molecule has 22 heavy (non-hydrogen) atoms. The number of rotatable bonds is 3. The fraction of sp³-hybridized carbons (Fsp3) is 0.529. The molecule has 0 aliphatic carbocycles. The normalized spacial score (nSPS) is 21.8. The number of ether oxygens (including phenoxy) is 1. The van der Waals surface area contributed by atoms with Crippen molar-refractivity contribution in [2.24, 2.45) is 5.16 Å². The van der Waals surface area contributed by atoms with E-state index in [0.29, 0.717) is 6.42 Å². The zero-order valence-corrected chi connectivity index (χ0v) is 13.0. The number of hydrogen-bond donors (Lipinski definition) is 0. The highest BCUT2D eigenvalue weighted by atomic mass is 16.6. The monoisotopic (exact) mass is 302 g/mol. The lowest BCUT2D eigenvalue weighted by molar-refractivity contribution is -0.142. The number of nitrogens with zero attached hydrogens (tertiary/aromatic N) is 2. The van der Waals surface area contributed by atoms with Crippen molar-refractivity contribution in [3.8, 4) is 5.75 Å². The molecule has 1 aromatic rings. The summed E-state index contributed by atoms with van der Waals surface area (Å²) in [4.78, 5) is 19.9. The molecule has 0 spiro atoms. The molecule has 2 aliphatic heterocycles. The average Bonchev–Trinajstić information content (AvgIpc) is 2.90. The molecule has 0 saturated carbocycles. The van der Waals surface area contributed by atoms with E-state index in [1.54, 1.807) is 7.11 Å². The van der Waals surface area contributed by atoms with Gasteiger partial charge in [-0.1, -0.05) is 18.0 Å². The predicted octanol–water partition coefficient (Wildman–Crippen LogP) is 2.59. The summed E-state index contributed by atoms with van der Waals surface area (Å²) < 4.78 is 5.15. The van der Waals surface area contributed by atoms with Gasteiger partial charge in [0.15, 0.2) is 0 Å². The van der Waals surface area contributed by atoms with Gasteiger partial charge >= 0.3 is 0 Å². The second-order valence-corrected chi connectivity index (χ2v) is 5.80. The Hall–Kier alpha value is -2.04. The van der Waals surface area contributed by atoms with E-state index in [2.05, 4.69) is 5.16 Å². The molecule has 1 saturated heterocycles. The van der Waals surface area contributed by atoms with E-state index in [4.69, 9.17) is 9.57 Å². The lowest BCUT2D eigenvalue weighted by atomic mass is 10.0. The van der Waals surface area contributed by atoms with Crippen molar-refractivity contribution in [1.82, 2.24) is 4.90 Å². The zero-order valence-electron chi connectivity index (χ0n) is 13.0. The third-order valence-corrected chi connectivity index (χ3v) is 4.29. The first-order valence-corrected chi connectivity index (χ1v) is 7.94. The number of hydrogen-bond acceptors (Lipinski definition) is 4. The average molecular weight is 302 g/mol. The molecule has 5 nitrogen and oxygen atoms in total. The molecule has 2 heterocycles. The summed E-state index contributed by atoms with van der Waals surface area (Å²) in [6, 6.07) is 7.67. The van der Waals surface area contributed by atoms with E-state index in [1.807, 2.05) is 29.2 Å². The number of likely N-dealkylation sites (tertiary alicyclic amines) is 1.